The molecule has 1 aromatic carbocycles. The maximum atomic E-state index is 10.1. The summed E-state index contributed by atoms with van der Waals surface area (Å²) in [6.45, 7) is 0. The topological polar surface area (TPSA) is 20.2 Å². The predicted octanol–water partition coefficient (Wildman–Crippen LogP) is 1.84. The van der Waals surface area contributed by atoms with Gasteiger partial charge in [-0.3, -0.25) is 0 Å². The first kappa shape index (κ1) is 6.67. The molecule has 0 unspecified atom stereocenters. The molecule has 1 heteroatoms. The lowest BCUT2D eigenvalue weighted by atomic mass is 9.89. The van der Waals surface area contributed by atoms with E-state index in [4.69, 9.17) is 0 Å². The number of hydrogen-bond acceptors (Lipinski definition) is 1. The maximum Gasteiger partial charge on any atom is 0.0932 e. The van der Waals surface area contributed by atoms with Crippen molar-refractivity contribution in [2.45, 2.75) is 24.9 Å². The summed E-state index contributed by atoms with van der Waals surface area (Å²) in [5.41, 5.74) is 2.13. The lowest BCUT2D eigenvalue weighted by Crippen LogP contribution is -2.16. The first-order valence-electron chi connectivity index (χ1n) is 4.61. The molecular weight excluding hydrogens is 148 g/mol. The Morgan fingerprint density at radius 3 is 3.08 bits per heavy atom. The second-order valence-corrected chi connectivity index (χ2v) is 4.02. The summed E-state index contributed by atoms with van der Waals surface area (Å²) in [6.07, 6.45) is 3.32. The molecule has 12 heavy (non-hydrogen) atoms. The van der Waals surface area contributed by atoms with Crippen molar-refractivity contribution in [3.05, 3.63) is 35.4 Å². The summed E-state index contributed by atoms with van der Waals surface area (Å²) in [6, 6.07) is 8.30. The Balaban J connectivity index is 2.19. The van der Waals surface area contributed by atoms with Crippen molar-refractivity contribution in [3.8, 4) is 0 Å². The number of aryl methyl sites for hydroxylation is 1. The Labute approximate surface area is 72.0 Å². The highest BCUT2D eigenvalue weighted by molar-refractivity contribution is 5.40. The SMILES string of the molecule is O[C@]12C[C@H]1CCc1ccccc12. The minimum Gasteiger partial charge on any atom is -0.385 e. The predicted molar refractivity (Wildman–Crippen MR) is 46.8 cm³/mol. The Hall–Kier alpha value is -0.820. The van der Waals surface area contributed by atoms with E-state index in [0.717, 1.165) is 12.8 Å². The molecule has 0 heterocycles. The van der Waals surface area contributed by atoms with Gasteiger partial charge in [0.25, 0.3) is 0 Å². The normalized spacial score (nSPS) is 36.9. The van der Waals surface area contributed by atoms with Gasteiger partial charge >= 0.3 is 0 Å². The van der Waals surface area contributed by atoms with Crippen LogP contribution in [0, 0.1) is 5.92 Å². The van der Waals surface area contributed by atoms with E-state index >= 15 is 0 Å². The Kier molecular flexibility index (Phi) is 1.06. The monoisotopic (exact) mass is 160 g/mol. The fourth-order valence-corrected chi connectivity index (χ4v) is 2.48. The van der Waals surface area contributed by atoms with Gasteiger partial charge in [0.05, 0.1) is 5.60 Å². The number of rotatable bonds is 0. The zero-order valence-corrected chi connectivity index (χ0v) is 6.96. The molecule has 0 aromatic heterocycles. The molecule has 1 saturated carbocycles. The molecule has 0 amide bonds. The smallest absolute Gasteiger partial charge is 0.0932 e. The van der Waals surface area contributed by atoms with Crippen LogP contribution in [0.3, 0.4) is 0 Å². The van der Waals surface area contributed by atoms with Crippen molar-refractivity contribution < 1.29 is 5.11 Å². The molecule has 62 valence electrons. The summed E-state index contributed by atoms with van der Waals surface area (Å²) in [5.74, 6) is 0.562. The van der Waals surface area contributed by atoms with E-state index in [-0.39, 0.29) is 0 Å². The van der Waals surface area contributed by atoms with Gasteiger partial charge in [0.2, 0.25) is 0 Å². The number of benzene rings is 1. The Morgan fingerprint density at radius 2 is 2.17 bits per heavy atom. The van der Waals surface area contributed by atoms with Gasteiger partial charge in [-0.25, -0.2) is 0 Å². The lowest BCUT2D eigenvalue weighted by molar-refractivity contribution is 0.122. The molecule has 0 aliphatic heterocycles. The van der Waals surface area contributed by atoms with E-state index in [1.807, 2.05) is 6.07 Å². The van der Waals surface area contributed by atoms with Crippen LogP contribution in [-0.4, -0.2) is 5.11 Å². The zero-order valence-electron chi connectivity index (χ0n) is 6.96. The third-order valence-electron chi connectivity index (χ3n) is 3.32. The van der Waals surface area contributed by atoms with Gasteiger partial charge in [0.15, 0.2) is 0 Å². The van der Waals surface area contributed by atoms with Gasteiger partial charge in [-0.05, 0) is 36.3 Å². The van der Waals surface area contributed by atoms with E-state index in [1.165, 1.54) is 17.5 Å². The molecule has 2 aliphatic rings. The van der Waals surface area contributed by atoms with Crippen LogP contribution < -0.4 is 0 Å². The number of fused-ring (bicyclic) bond motifs is 3. The van der Waals surface area contributed by atoms with E-state index < -0.39 is 5.60 Å². The number of aliphatic hydroxyl groups is 1. The molecule has 0 bridgehead atoms. The number of hydrogen-bond donors (Lipinski definition) is 1. The van der Waals surface area contributed by atoms with Gasteiger partial charge in [-0.15, -0.1) is 0 Å². The summed E-state index contributed by atoms with van der Waals surface area (Å²) in [4.78, 5) is 0. The maximum absolute atomic E-state index is 10.1. The highest BCUT2D eigenvalue weighted by Crippen LogP contribution is 2.57. The minimum absolute atomic E-state index is 0.422. The molecule has 0 spiro atoms. The van der Waals surface area contributed by atoms with Gasteiger partial charge in [0, 0.05) is 0 Å². The van der Waals surface area contributed by atoms with Crippen LogP contribution in [-0.2, 0) is 12.0 Å². The van der Waals surface area contributed by atoms with Crippen molar-refractivity contribution in [1.82, 2.24) is 0 Å². The average molecular weight is 160 g/mol. The highest BCUT2D eigenvalue weighted by Gasteiger charge is 2.56. The zero-order chi connectivity index (χ0) is 8.18. The summed E-state index contributed by atoms with van der Waals surface area (Å²) in [5, 5.41) is 10.1. The summed E-state index contributed by atoms with van der Waals surface area (Å²) in [7, 11) is 0. The molecule has 0 radical (unpaired) electrons. The van der Waals surface area contributed by atoms with E-state index in [1.54, 1.807) is 0 Å². The minimum atomic E-state index is -0.422. The fourth-order valence-electron chi connectivity index (χ4n) is 2.48. The van der Waals surface area contributed by atoms with Crippen LogP contribution >= 0.6 is 0 Å². The van der Waals surface area contributed by atoms with Gasteiger partial charge < -0.3 is 5.11 Å². The van der Waals surface area contributed by atoms with Crippen molar-refractivity contribution in [2.75, 3.05) is 0 Å². The van der Waals surface area contributed by atoms with Crippen LogP contribution in [0.5, 0.6) is 0 Å². The molecular formula is C11H12O. The largest absolute Gasteiger partial charge is 0.385 e. The van der Waals surface area contributed by atoms with Crippen LogP contribution in [0.15, 0.2) is 24.3 Å². The van der Waals surface area contributed by atoms with Crippen LogP contribution in [0.1, 0.15) is 24.0 Å². The van der Waals surface area contributed by atoms with Crippen molar-refractivity contribution >= 4 is 0 Å². The van der Waals surface area contributed by atoms with Crippen LogP contribution in [0.4, 0.5) is 0 Å². The molecule has 2 atom stereocenters. The van der Waals surface area contributed by atoms with E-state index in [2.05, 4.69) is 18.2 Å². The van der Waals surface area contributed by atoms with Gasteiger partial charge in [-0.1, -0.05) is 24.3 Å². The Morgan fingerprint density at radius 1 is 1.33 bits per heavy atom. The summed E-state index contributed by atoms with van der Waals surface area (Å²) >= 11 is 0. The Bertz CT molecular complexity index is 330. The van der Waals surface area contributed by atoms with Crippen molar-refractivity contribution in [3.63, 3.8) is 0 Å². The molecule has 1 N–H and O–H groups in total. The standard InChI is InChI=1S/C11H12O/c12-11-7-9(11)6-5-8-3-1-2-4-10(8)11/h1-4,9,12H,5-7H2/t9-,11-/m1/s1. The molecule has 1 fully saturated rings. The molecule has 2 aliphatic carbocycles. The van der Waals surface area contributed by atoms with E-state index in [0.29, 0.717) is 5.92 Å². The fraction of sp³-hybridized carbons (Fsp3) is 0.455. The van der Waals surface area contributed by atoms with Gasteiger partial charge in [-0.2, -0.15) is 0 Å². The third kappa shape index (κ3) is 0.674. The van der Waals surface area contributed by atoms with Crippen molar-refractivity contribution in [1.29, 1.82) is 0 Å². The third-order valence-corrected chi connectivity index (χ3v) is 3.32. The first-order chi connectivity index (χ1) is 5.81. The second kappa shape index (κ2) is 1.91. The highest BCUT2D eigenvalue weighted by atomic mass is 16.3. The molecule has 3 rings (SSSR count). The first-order valence-corrected chi connectivity index (χ1v) is 4.61. The van der Waals surface area contributed by atoms with Crippen LogP contribution in [0.2, 0.25) is 0 Å². The molecule has 1 aromatic rings. The lowest BCUT2D eigenvalue weighted by Gasteiger charge is -2.20. The molecule has 0 saturated heterocycles. The van der Waals surface area contributed by atoms with Crippen molar-refractivity contribution in [2.24, 2.45) is 5.92 Å². The quantitative estimate of drug-likeness (QED) is 0.614. The molecule has 1 nitrogen and oxygen atoms in total. The van der Waals surface area contributed by atoms with Crippen LogP contribution in [0.25, 0.3) is 0 Å². The summed E-state index contributed by atoms with van der Waals surface area (Å²) < 4.78 is 0. The average Bonchev–Trinajstić information content (AvgIpc) is 2.78. The van der Waals surface area contributed by atoms with E-state index in [9.17, 15) is 5.11 Å². The van der Waals surface area contributed by atoms with Gasteiger partial charge in [0.1, 0.15) is 0 Å². The second-order valence-electron chi connectivity index (χ2n) is 4.02.